The molecule has 0 radical (unpaired) electrons. The van der Waals surface area contributed by atoms with Crippen molar-refractivity contribution in [2.75, 3.05) is 18.9 Å². The van der Waals surface area contributed by atoms with E-state index in [9.17, 15) is 0 Å². The van der Waals surface area contributed by atoms with Gasteiger partial charge in [-0.2, -0.15) is 0 Å². The summed E-state index contributed by atoms with van der Waals surface area (Å²) in [4.78, 5) is 6.45. The van der Waals surface area contributed by atoms with Crippen molar-refractivity contribution in [3.63, 3.8) is 0 Å². The van der Waals surface area contributed by atoms with Gasteiger partial charge in [-0.3, -0.25) is 4.90 Å². The Labute approximate surface area is 109 Å². The van der Waals surface area contributed by atoms with Crippen molar-refractivity contribution < 1.29 is 0 Å². The fourth-order valence-corrected chi connectivity index (χ4v) is 2.86. The fourth-order valence-electron chi connectivity index (χ4n) is 1.42. The molecule has 2 aromatic heterocycles. The molecule has 0 aliphatic rings. The summed E-state index contributed by atoms with van der Waals surface area (Å²) in [6.07, 6.45) is 0. The summed E-state index contributed by atoms with van der Waals surface area (Å²) in [5.74, 6) is 0. The zero-order valence-corrected chi connectivity index (χ0v) is 11.5. The molecule has 92 valence electrons. The summed E-state index contributed by atoms with van der Waals surface area (Å²) in [6.45, 7) is 4.58. The third-order valence-electron chi connectivity index (χ3n) is 2.12. The molecule has 1 N–H and O–H groups in total. The second-order valence-electron chi connectivity index (χ2n) is 3.68. The van der Waals surface area contributed by atoms with Gasteiger partial charge in [-0.1, -0.05) is 11.3 Å². The first-order valence-electron chi connectivity index (χ1n) is 5.39. The molecule has 0 saturated carbocycles. The number of nitrogens with zero attached hydrogens (tertiary/aromatic N) is 4. The first-order valence-corrected chi connectivity index (χ1v) is 7.15. The fraction of sp³-hybridized carbons (Fsp3) is 0.500. The lowest BCUT2D eigenvalue weighted by molar-refractivity contribution is 0.314. The van der Waals surface area contributed by atoms with Gasteiger partial charge in [0.1, 0.15) is 5.01 Å². The lowest BCUT2D eigenvalue weighted by Crippen LogP contribution is -2.17. The molecular formula is C10H15N5S2. The van der Waals surface area contributed by atoms with Crippen molar-refractivity contribution in [2.24, 2.45) is 0 Å². The standard InChI is InChI=1S/C10H15N5S2/c1-3-11-10-14-13-9(17-10)5-15(2)4-8-6-16-7-12-8/h6-7H,3-5H2,1-2H3,(H,11,14). The van der Waals surface area contributed by atoms with Crippen LogP contribution < -0.4 is 5.32 Å². The topological polar surface area (TPSA) is 53.9 Å². The lowest BCUT2D eigenvalue weighted by atomic mass is 10.4. The van der Waals surface area contributed by atoms with E-state index in [0.717, 1.165) is 35.5 Å². The maximum atomic E-state index is 4.26. The van der Waals surface area contributed by atoms with Crippen molar-refractivity contribution in [2.45, 2.75) is 20.0 Å². The summed E-state index contributed by atoms with van der Waals surface area (Å²) in [5, 5.41) is 15.4. The Bertz CT molecular complexity index is 439. The highest BCUT2D eigenvalue weighted by atomic mass is 32.1. The van der Waals surface area contributed by atoms with Crippen molar-refractivity contribution in [3.8, 4) is 0 Å². The van der Waals surface area contributed by atoms with Gasteiger partial charge in [0.2, 0.25) is 5.13 Å². The molecule has 0 spiro atoms. The van der Waals surface area contributed by atoms with Crippen LogP contribution in [0.1, 0.15) is 17.6 Å². The first-order chi connectivity index (χ1) is 8.28. The Hall–Kier alpha value is -1.05. The molecule has 0 aliphatic heterocycles. The Morgan fingerprint density at radius 1 is 1.35 bits per heavy atom. The summed E-state index contributed by atoms with van der Waals surface area (Å²) in [7, 11) is 2.06. The number of rotatable bonds is 6. The van der Waals surface area contributed by atoms with E-state index >= 15 is 0 Å². The van der Waals surface area contributed by atoms with Gasteiger partial charge in [0.25, 0.3) is 0 Å². The number of hydrogen-bond acceptors (Lipinski definition) is 7. The monoisotopic (exact) mass is 269 g/mol. The molecule has 0 bridgehead atoms. The van der Waals surface area contributed by atoms with E-state index in [1.54, 1.807) is 22.7 Å². The summed E-state index contributed by atoms with van der Waals surface area (Å²) >= 11 is 3.23. The molecule has 2 aromatic rings. The predicted molar refractivity (Wildman–Crippen MR) is 71.4 cm³/mol. The van der Waals surface area contributed by atoms with Crippen molar-refractivity contribution in [1.29, 1.82) is 0 Å². The first kappa shape index (κ1) is 12.4. The second kappa shape index (κ2) is 6.04. The van der Waals surface area contributed by atoms with Crippen LogP contribution in [-0.4, -0.2) is 33.7 Å². The normalized spacial score (nSPS) is 11.0. The van der Waals surface area contributed by atoms with Crippen LogP contribution in [0.15, 0.2) is 10.9 Å². The molecule has 2 heterocycles. The molecule has 2 rings (SSSR count). The van der Waals surface area contributed by atoms with Crippen LogP contribution in [0.25, 0.3) is 0 Å². The van der Waals surface area contributed by atoms with Crippen LogP contribution in [0.4, 0.5) is 5.13 Å². The van der Waals surface area contributed by atoms with Crippen molar-refractivity contribution in [1.82, 2.24) is 20.1 Å². The van der Waals surface area contributed by atoms with Gasteiger partial charge in [0.05, 0.1) is 17.7 Å². The minimum absolute atomic E-state index is 0.806. The van der Waals surface area contributed by atoms with Crippen LogP contribution in [-0.2, 0) is 13.1 Å². The van der Waals surface area contributed by atoms with Gasteiger partial charge in [-0.05, 0) is 14.0 Å². The summed E-state index contributed by atoms with van der Waals surface area (Å²) in [6, 6.07) is 0. The largest absolute Gasteiger partial charge is 0.360 e. The van der Waals surface area contributed by atoms with E-state index in [1.807, 2.05) is 5.51 Å². The number of thiazole rings is 1. The molecule has 0 aromatic carbocycles. The van der Waals surface area contributed by atoms with Crippen LogP contribution >= 0.6 is 22.7 Å². The minimum Gasteiger partial charge on any atom is -0.360 e. The maximum Gasteiger partial charge on any atom is 0.205 e. The second-order valence-corrected chi connectivity index (χ2v) is 5.46. The molecule has 7 heteroatoms. The molecule has 0 atom stereocenters. The number of nitrogens with one attached hydrogen (secondary N) is 1. The van der Waals surface area contributed by atoms with Gasteiger partial charge in [0, 0.05) is 18.5 Å². The Morgan fingerprint density at radius 2 is 2.24 bits per heavy atom. The molecule has 0 unspecified atom stereocenters. The molecule has 0 aliphatic carbocycles. The highest BCUT2D eigenvalue weighted by molar-refractivity contribution is 7.15. The van der Waals surface area contributed by atoms with Gasteiger partial charge in [0.15, 0.2) is 0 Å². The number of aromatic nitrogens is 3. The zero-order valence-electron chi connectivity index (χ0n) is 9.88. The minimum atomic E-state index is 0.806. The van der Waals surface area contributed by atoms with Gasteiger partial charge in [-0.15, -0.1) is 21.5 Å². The quantitative estimate of drug-likeness (QED) is 0.870. The van der Waals surface area contributed by atoms with E-state index in [0.29, 0.717) is 0 Å². The van der Waals surface area contributed by atoms with Crippen LogP contribution in [0.2, 0.25) is 0 Å². The third-order valence-corrected chi connectivity index (χ3v) is 3.62. The highest BCUT2D eigenvalue weighted by Crippen LogP contribution is 2.16. The Morgan fingerprint density at radius 3 is 2.94 bits per heavy atom. The molecule has 0 saturated heterocycles. The Kier molecular flexibility index (Phi) is 4.41. The van der Waals surface area contributed by atoms with E-state index in [4.69, 9.17) is 0 Å². The number of hydrogen-bond donors (Lipinski definition) is 1. The van der Waals surface area contributed by atoms with Crippen LogP contribution in [0.3, 0.4) is 0 Å². The Balaban J connectivity index is 1.86. The molecule has 17 heavy (non-hydrogen) atoms. The van der Waals surface area contributed by atoms with Crippen LogP contribution in [0, 0.1) is 0 Å². The predicted octanol–water partition coefficient (Wildman–Crippen LogP) is 2.06. The average Bonchev–Trinajstić information content (AvgIpc) is 2.91. The van der Waals surface area contributed by atoms with Crippen molar-refractivity contribution >= 4 is 27.8 Å². The van der Waals surface area contributed by atoms with E-state index < -0.39 is 0 Å². The van der Waals surface area contributed by atoms with E-state index in [2.05, 4.69) is 44.7 Å². The molecular weight excluding hydrogens is 254 g/mol. The van der Waals surface area contributed by atoms with Crippen LogP contribution in [0.5, 0.6) is 0 Å². The number of anilines is 1. The van der Waals surface area contributed by atoms with Gasteiger partial charge in [-0.25, -0.2) is 4.98 Å². The van der Waals surface area contributed by atoms with E-state index in [1.165, 1.54) is 0 Å². The van der Waals surface area contributed by atoms with Crippen molar-refractivity contribution in [3.05, 3.63) is 21.6 Å². The third kappa shape index (κ3) is 3.72. The zero-order chi connectivity index (χ0) is 12.1. The lowest BCUT2D eigenvalue weighted by Gasteiger charge is -2.12. The van der Waals surface area contributed by atoms with Gasteiger partial charge >= 0.3 is 0 Å². The highest BCUT2D eigenvalue weighted by Gasteiger charge is 2.07. The maximum absolute atomic E-state index is 4.26. The average molecular weight is 269 g/mol. The molecule has 5 nitrogen and oxygen atoms in total. The summed E-state index contributed by atoms with van der Waals surface area (Å²) in [5.41, 5.74) is 2.96. The van der Waals surface area contributed by atoms with E-state index in [-0.39, 0.29) is 0 Å². The SMILES string of the molecule is CCNc1nnc(CN(C)Cc2cscn2)s1. The molecule has 0 fully saturated rings. The summed E-state index contributed by atoms with van der Waals surface area (Å²) < 4.78 is 0. The molecule has 0 amide bonds. The smallest absolute Gasteiger partial charge is 0.205 e. The van der Waals surface area contributed by atoms with Gasteiger partial charge < -0.3 is 5.32 Å².